The Morgan fingerprint density at radius 3 is 2.36 bits per heavy atom. The van der Waals surface area contributed by atoms with Crippen molar-refractivity contribution in [3.05, 3.63) is 29.8 Å². The van der Waals surface area contributed by atoms with Gasteiger partial charge < -0.3 is 14.2 Å². The van der Waals surface area contributed by atoms with Crippen molar-refractivity contribution in [2.24, 2.45) is 5.92 Å². The molecule has 2 rings (SSSR count). The summed E-state index contributed by atoms with van der Waals surface area (Å²) in [7, 11) is 0. The average molecular weight is 391 g/mol. The quantitative estimate of drug-likeness (QED) is 0.318. The van der Waals surface area contributed by atoms with E-state index in [1.807, 2.05) is 27.7 Å². The molecule has 0 bridgehead atoms. The number of benzene rings is 1. The van der Waals surface area contributed by atoms with Gasteiger partial charge in [0.05, 0.1) is 24.4 Å². The van der Waals surface area contributed by atoms with E-state index in [1.165, 1.54) is 17.0 Å². The fourth-order valence-corrected chi connectivity index (χ4v) is 4.20. The first-order valence-corrected chi connectivity index (χ1v) is 10.5. The van der Waals surface area contributed by atoms with Crippen molar-refractivity contribution in [2.45, 2.75) is 66.1 Å². The highest BCUT2D eigenvalue weighted by Gasteiger charge is 2.47. The Morgan fingerprint density at radius 2 is 1.75 bits per heavy atom. The highest BCUT2D eigenvalue weighted by molar-refractivity contribution is 5.94. The molecule has 0 amide bonds. The molecular formula is C23H36NO4+. The van der Waals surface area contributed by atoms with Gasteiger partial charge in [-0.3, -0.25) is 4.79 Å². The molecule has 1 aromatic rings. The van der Waals surface area contributed by atoms with Crippen LogP contribution >= 0.6 is 0 Å². The van der Waals surface area contributed by atoms with Crippen molar-refractivity contribution in [1.29, 1.82) is 0 Å². The lowest BCUT2D eigenvalue weighted by Crippen LogP contribution is -2.35. The monoisotopic (exact) mass is 390 g/mol. The van der Waals surface area contributed by atoms with Crippen LogP contribution in [0.4, 0.5) is 5.69 Å². The molecule has 2 unspecified atom stereocenters. The number of hydrogen-bond acceptors (Lipinski definition) is 4. The highest BCUT2D eigenvalue weighted by atomic mass is 16.7. The second-order valence-electron chi connectivity index (χ2n) is 7.57. The maximum atomic E-state index is 12.3. The summed E-state index contributed by atoms with van der Waals surface area (Å²) < 4.78 is 19.0. The van der Waals surface area contributed by atoms with E-state index in [-0.39, 0.29) is 23.6 Å². The summed E-state index contributed by atoms with van der Waals surface area (Å²) in [6, 6.07) is 8.49. The van der Waals surface area contributed by atoms with Crippen LogP contribution in [0, 0.1) is 5.92 Å². The van der Waals surface area contributed by atoms with Crippen LogP contribution < -0.4 is 0 Å². The Morgan fingerprint density at radius 1 is 1.11 bits per heavy atom. The third-order valence-electron chi connectivity index (χ3n) is 5.69. The zero-order chi connectivity index (χ0) is 20.7. The maximum Gasteiger partial charge on any atom is 0.308 e. The third kappa shape index (κ3) is 4.81. The molecule has 1 heterocycles. The van der Waals surface area contributed by atoms with Gasteiger partial charge in [0.1, 0.15) is 0 Å². The van der Waals surface area contributed by atoms with Crippen molar-refractivity contribution in [2.75, 3.05) is 26.4 Å². The van der Waals surface area contributed by atoms with Crippen LogP contribution in [0.2, 0.25) is 0 Å². The van der Waals surface area contributed by atoms with E-state index >= 15 is 0 Å². The molecule has 1 aromatic carbocycles. The number of ether oxygens (including phenoxy) is 3. The van der Waals surface area contributed by atoms with Crippen LogP contribution in [0.1, 0.15) is 59.9 Å². The molecule has 0 radical (unpaired) electrons. The summed E-state index contributed by atoms with van der Waals surface area (Å²) >= 11 is 0. The van der Waals surface area contributed by atoms with Gasteiger partial charge in [-0.25, -0.2) is 0 Å². The van der Waals surface area contributed by atoms with Gasteiger partial charge in [0.25, 0.3) is 0 Å². The van der Waals surface area contributed by atoms with E-state index in [0.717, 1.165) is 19.4 Å². The minimum Gasteiger partial charge on any atom is -0.466 e. The van der Waals surface area contributed by atoms with Gasteiger partial charge in [0.2, 0.25) is 5.69 Å². The van der Waals surface area contributed by atoms with Gasteiger partial charge in [-0.2, -0.15) is 4.58 Å². The maximum absolute atomic E-state index is 12.3. The van der Waals surface area contributed by atoms with Crippen LogP contribution in [-0.4, -0.2) is 48.9 Å². The summed E-state index contributed by atoms with van der Waals surface area (Å²) in [5.74, 6) is -0.285. The van der Waals surface area contributed by atoms with Crippen molar-refractivity contribution >= 4 is 17.4 Å². The standard InChI is InChI=1S/C23H36NO4/c1-7-26-21(27-8-2)14-15-24-18(5)23(6,16-17(4)22(25)28-9-3)19-12-10-11-13-20(19)24/h10-13,17,21H,7-9,14-16H2,1-6H3/q+1. The van der Waals surface area contributed by atoms with E-state index in [0.29, 0.717) is 19.8 Å². The Kier molecular flexibility index (Phi) is 8.20. The molecule has 156 valence electrons. The van der Waals surface area contributed by atoms with E-state index in [4.69, 9.17) is 14.2 Å². The minimum atomic E-state index is -0.199. The summed E-state index contributed by atoms with van der Waals surface area (Å²) in [4.78, 5) is 12.3. The normalized spacial score (nSPS) is 19.8. The lowest BCUT2D eigenvalue weighted by Gasteiger charge is -2.25. The molecule has 0 N–H and O–H groups in total. The lowest BCUT2D eigenvalue weighted by atomic mass is 9.74. The zero-order valence-electron chi connectivity index (χ0n) is 18.3. The van der Waals surface area contributed by atoms with Gasteiger partial charge in [0.15, 0.2) is 18.5 Å². The number of carbonyl (C=O) groups is 1. The molecule has 0 fully saturated rings. The molecule has 0 aromatic heterocycles. The van der Waals surface area contributed by atoms with Crippen LogP contribution in [-0.2, 0) is 24.4 Å². The summed E-state index contributed by atoms with van der Waals surface area (Å²) in [5.41, 5.74) is 3.55. The Balaban J connectivity index is 2.28. The van der Waals surface area contributed by atoms with E-state index < -0.39 is 0 Å². The minimum absolute atomic E-state index is 0.125. The van der Waals surface area contributed by atoms with Crippen molar-refractivity contribution in [1.82, 2.24) is 0 Å². The predicted octanol–water partition coefficient (Wildman–Crippen LogP) is 4.44. The fourth-order valence-electron chi connectivity index (χ4n) is 4.20. The van der Waals surface area contributed by atoms with Crippen LogP contribution in [0.3, 0.4) is 0 Å². The third-order valence-corrected chi connectivity index (χ3v) is 5.69. The molecule has 0 aliphatic carbocycles. The van der Waals surface area contributed by atoms with Gasteiger partial charge >= 0.3 is 5.97 Å². The number of para-hydroxylation sites is 1. The first-order chi connectivity index (χ1) is 13.4. The molecule has 1 aliphatic rings. The molecular weight excluding hydrogens is 354 g/mol. The van der Waals surface area contributed by atoms with Crippen molar-refractivity contribution < 1.29 is 23.6 Å². The zero-order valence-corrected chi connectivity index (χ0v) is 18.3. The number of rotatable bonds is 11. The number of carbonyl (C=O) groups excluding carboxylic acids is 1. The van der Waals surface area contributed by atoms with E-state index in [2.05, 4.69) is 42.7 Å². The summed E-state index contributed by atoms with van der Waals surface area (Å²) in [6.07, 6.45) is 1.32. The fraction of sp³-hybridized carbons (Fsp3) is 0.652. The molecule has 0 saturated heterocycles. The molecule has 2 atom stereocenters. The smallest absolute Gasteiger partial charge is 0.308 e. The van der Waals surface area contributed by atoms with Gasteiger partial charge in [0, 0.05) is 31.8 Å². The summed E-state index contributed by atoms with van der Waals surface area (Å²) in [6.45, 7) is 14.7. The van der Waals surface area contributed by atoms with E-state index in [1.54, 1.807) is 0 Å². The molecule has 0 saturated carbocycles. The largest absolute Gasteiger partial charge is 0.466 e. The van der Waals surface area contributed by atoms with Gasteiger partial charge in [-0.05, 0) is 34.1 Å². The van der Waals surface area contributed by atoms with Gasteiger partial charge in [-0.1, -0.05) is 25.1 Å². The molecule has 5 heteroatoms. The van der Waals surface area contributed by atoms with Crippen LogP contribution in [0.15, 0.2) is 24.3 Å². The Hall–Kier alpha value is -1.72. The van der Waals surface area contributed by atoms with Crippen LogP contribution in [0.25, 0.3) is 0 Å². The Bertz CT molecular complexity index is 694. The highest BCUT2D eigenvalue weighted by Crippen LogP contribution is 2.43. The first kappa shape index (κ1) is 22.6. The molecule has 28 heavy (non-hydrogen) atoms. The topological polar surface area (TPSA) is 47.8 Å². The number of esters is 1. The second-order valence-corrected chi connectivity index (χ2v) is 7.57. The van der Waals surface area contributed by atoms with Crippen molar-refractivity contribution in [3.63, 3.8) is 0 Å². The van der Waals surface area contributed by atoms with Crippen LogP contribution in [0.5, 0.6) is 0 Å². The van der Waals surface area contributed by atoms with Gasteiger partial charge in [-0.15, -0.1) is 0 Å². The SMILES string of the molecule is CCOC(=O)C(C)CC1(C)C(C)=[N+](CCC(OCC)OCC)c2ccccc21. The lowest BCUT2D eigenvalue weighted by molar-refractivity contribution is -0.444. The number of hydrogen-bond donors (Lipinski definition) is 0. The van der Waals surface area contributed by atoms with Crippen molar-refractivity contribution in [3.8, 4) is 0 Å². The first-order valence-electron chi connectivity index (χ1n) is 10.5. The summed E-state index contributed by atoms with van der Waals surface area (Å²) in [5, 5.41) is 0. The Labute approximate surface area is 169 Å². The molecule has 5 nitrogen and oxygen atoms in total. The number of nitrogens with zero attached hydrogens (tertiary/aromatic N) is 1. The predicted molar refractivity (Wildman–Crippen MR) is 111 cm³/mol. The molecule has 0 spiro atoms. The second kappa shape index (κ2) is 10.2. The number of fused-ring (bicyclic) bond motifs is 1. The molecule has 1 aliphatic heterocycles. The van der Waals surface area contributed by atoms with E-state index in [9.17, 15) is 4.79 Å². The average Bonchev–Trinajstić information content (AvgIpc) is 2.88.